The Morgan fingerprint density at radius 2 is 2.26 bits per heavy atom. The fourth-order valence-electron chi connectivity index (χ4n) is 2.21. The summed E-state index contributed by atoms with van der Waals surface area (Å²) in [5, 5.41) is 9.73. The van der Waals surface area contributed by atoms with Gasteiger partial charge in [-0.25, -0.2) is 4.98 Å². The molecule has 0 aromatic carbocycles. The van der Waals surface area contributed by atoms with E-state index in [0.717, 1.165) is 25.3 Å². The Labute approximate surface area is 114 Å². The van der Waals surface area contributed by atoms with E-state index in [-0.39, 0.29) is 17.1 Å². The van der Waals surface area contributed by atoms with Crippen molar-refractivity contribution < 1.29 is 4.79 Å². The number of hydrogen-bond donors (Lipinski definition) is 2. The van der Waals surface area contributed by atoms with E-state index in [1.165, 1.54) is 0 Å². The summed E-state index contributed by atoms with van der Waals surface area (Å²) in [4.78, 5) is 18.5. The molecule has 1 saturated heterocycles. The monoisotopic (exact) mass is 265 g/mol. The van der Waals surface area contributed by atoms with Crippen LogP contribution >= 0.6 is 0 Å². The standard InChI is InChI=1S/C13H23N5O/c1-13(2,3)12-15-10(16-17-12)11(19)14-7-9-5-6-18(4)8-9/h9H,5-8H2,1-4H3,(H,14,19)(H,15,16,17). The highest BCUT2D eigenvalue weighted by atomic mass is 16.2. The summed E-state index contributed by atoms with van der Waals surface area (Å²) in [5.41, 5.74) is -0.125. The lowest BCUT2D eigenvalue weighted by atomic mass is 9.96. The van der Waals surface area contributed by atoms with Gasteiger partial charge in [-0.2, -0.15) is 0 Å². The Hall–Kier alpha value is -1.43. The molecule has 106 valence electrons. The molecule has 1 atom stereocenters. The Balaban J connectivity index is 1.88. The maximum Gasteiger partial charge on any atom is 0.290 e. The number of carbonyl (C=O) groups is 1. The smallest absolute Gasteiger partial charge is 0.290 e. The minimum Gasteiger partial charge on any atom is -0.349 e. The molecule has 1 unspecified atom stereocenters. The van der Waals surface area contributed by atoms with E-state index in [0.29, 0.717) is 12.5 Å². The van der Waals surface area contributed by atoms with Crippen molar-refractivity contribution in [3.05, 3.63) is 11.6 Å². The molecule has 2 N–H and O–H groups in total. The maximum atomic E-state index is 12.0. The summed E-state index contributed by atoms with van der Waals surface area (Å²) in [7, 11) is 2.10. The number of nitrogens with zero attached hydrogens (tertiary/aromatic N) is 3. The first-order chi connectivity index (χ1) is 8.86. The minimum absolute atomic E-state index is 0.125. The predicted octanol–water partition coefficient (Wildman–Crippen LogP) is 0.784. The molecule has 19 heavy (non-hydrogen) atoms. The lowest BCUT2D eigenvalue weighted by molar-refractivity contribution is 0.0937. The second-order valence-corrected chi connectivity index (χ2v) is 6.38. The van der Waals surface area contributed by atoms with Crippen LogP contribution in [0.2, 0.25) is 0 Å². The lowest BCUT2D eigenvalue weighted by Crippen LogP contribution is -2.31. The van der Waals surface area contributed by atoms with E-state index in [2.05, 4.69) is 32.4 Å². The second-order valence-electron chi connectivity index (χ2n) is 6.38. The van der Waals surface area contributed by atoms with Gasteiger partial charge in [0.05, 0.1) is 0 Å². The third-order valence-electron chi connectivity index (χ3n) is 3.44. The molecule has 6 heteroatoms. The van der Waals surface area contributed by atoms with Gasteiger partial charge in [0.25, 0.3) is 5.91 Å². The molecule has 1 amide bonds. The van der Waals surface area contributed by atoms with Crippen molar-refractivity contribution in [3.8, 4) is 0 Å². The topological polar surface area (TPSA) is 73.9 Å². The first-order valence-electron chi connectivity index (χ1n) is 6.76. The van der Waals surface area contributed by atoms with E-state index in [1.54, 1.807) is 0 Å². The number of carbonyl (C=O) groups excluding carboxylic acids is 1. The van der Waals surface area contributed by atoms with Crippen LogP contribution in [0.4, 0.5) is 0 Å². The fraction of sp³-hybridized carbons (Fsp3) is 0.769. The van der Waals surface area contributed by atoms with E-state index in [9.17, 15) is 4.79 Å². The van der Waals surface area contributed by atoms with Crippen LogP contribution in [0, 0.1) is 5.92 Å². The molecule has 1 aromatic heterocycles. The highest BCUT2D eigenvalue weighted by Crippen LogP contribution is 2.17. The van der Waals surface area contributed by atoms with E-state index in [4.69, 9.17) is 0 Å². The van der Waals surface area contributed by atoms with E-state index < -0.39 is 0 Å². The molecule has 1 aromatic rings. The molecule has 0 aliphatic carbocycles. The van der Waals surface area contributed by atoms with Gasteiger partial charge in [0.2, 0.25) is 5.82 Å². The average molecular weight is 265 g/mol. The third-order valence-corrected chi connectivity index (χ3v) is 3.44. The van der Waals surface area contributed by atoms with Crippen molar-refractivity contribution >= 4 is 5.91 Å². The van der Waals surface area contributed by atoms with Crippen molar-refractivity contribution in [1.82, 2.24) is 25.4 Å². The van der Waals surface area contributed by atoms with Gasteiger partial charge in [-0.15, -0.1) is 5.10 Å². The number of nitrogens with one attached hydrogen (secondary N) is 2. The van der Waals surface area contributed by atoms with Crippen LogP contribution in [0.5, 0.6) is 0 Å². The number of aromatic nitrogens is 3. The third kappa shape index (κ3) is 3.53. The van der Waals surface area contributed by atoms with E-state index >= 15 is 0 Å². The summed E-state index contributed by atoms with van der Waals surface area (Å²) in [6.45, 7) is 8.94. The van der Waals surface area contributed by atoms with Crippen molar-refractivity contribution in [2.24, 2.45) is 5.92 Å². The van der Waals surface area contributed by atoms with Gasteiger partial charge < -0.3 is 10.2 Å². The number of hydrogen-bond acceptors (Lipinski definition) is 4. The number of likely N-dealkylation sites (tertiary alicyclic amines) is 1. The van der Waals surface area contributed by atoms with Crippen LogP contribution in [-0.4, -0.2) is 52.7 Å². The summed E-state index contributed by atoms with van der Waals surface area (Å²) in [6, 6.07) is 0. The molecule has 6 nitrogen and oxygen atoms in total. The average Bonchev–Trinajstić information content (AvgIpc) is 2.93. The van der Waals surface area contributed by atoms with Crippen molar-refractivity contribution in [2.75, 3.05) is 26.7 Å². The van der Waals surface area contributed by atoms with Crippen LogP contribution < -0.4 is 5.32 Å². The lowest BCUT2D eigenvalue weighted by Gasteiger charge is -2.13. The largest absolute Gasteiger partial charge is 0.349 e. The number of H-pyrrole nitrogens is 1. The van der Waals surface area contributed by atoms with Crippen molar-refractivity contribution in [2.45, 2.75) is 32.6 Å². The molecule has 2 rings (SSSR count). The molecule has 0 bridgehead atoms. The second kappa shape index (κ2) is 5.28. The molecular weight excluding hydrogens is 242 g/mol. The minimum atomic E-state index is -0.193. The van der Waals surface area contributed by atoms with Crippen LogP contribution in [0.1, 0.15) is 43.6 Å². The fourth-order valence-corrected chi connectivity index (χ4v) is 2.21. The molecule has 1 aliphatic heterocycles. The Kier molecular flexibility index (Phi) is 3.89. The van der Waals surface area contributed by atoms with Crippen molar-refractivity contribution in [1.29, 1.82) is 0 Å². The Morgan fingerprint density at radius 1 is 1.53 bits per heavy atom. The number of amides is 1. The molecule has 0 radical (unpaired) electrons. The summed E-state index contributed by atoms with van der Waals surface area (Å²) < 4.78 is 0. The van der Waals surface area contributed by atoms with Gasteiger partial charge in [-0.1, -0.05) is 20.8 Å². The zero-order valence-electron chi connectivity index (χ0n) is 12.2. The van der Waals surface area contributed by atoms with Crippen LogP contribution in [0.3, 0.4) is 0 Å². The van der Waals surface area contributed by atoms with Gasteiger partial charge in [0, 0.05) is 18.5 Å². The number of aromatic amines is 1. The molecule has 0 saturated carbocycles. The van der Waals surface area contributed by atoms with Gasteiger partial charge in [-0.3, -0.25) is 9.89 Å². The van der Waals surface area contributed by atoms with Crippen LogP contribution in [-0.2, 0) is 5.41 Å². The van der Waals surface area contributed by atoms with Gasteiger partial charge in [0.15, 0.2) is 0 Å². The highest BCUT2D eigenvalue weighted by Gasteiger charge is 2.23. The molecule has 1 aliphatic rings. The summed E-state index contributed by atoms with van der Waals surface area (Å²) in [6.07, 6.45) is 1.14. The van der Waals surface area contributed by atoms with Crippen LogP contribution in [0.15, 0.2) is 0 Å². The van der Waals surface area contributed by atoms with E-state index in [1.807, 2.05) is 20.8 Å². The first-order valence-corrected chi connectivity index (χ1v) is 6.76. The Bertz CT molecular complexity index is 448. The van der Waals surface area contributed by atoms with Crippen molar-refractivity contribution in [3.63, 3.8) is 0 Å². The van der Waals surface area contributed by atoms with Gasteiger partial charge >= 0.3 is 0 Å². The quantitative estimate of drug-likeness (QED) is 0.847. The Morgan fingerprint density at radius 3 is 2.79 bits per heavy atom. The molecular formula is C13H23N5O. The first kappa shape index (κ1) is 14.0. The molecule has 1 fully saturated rings. The van der Waals surface area contributed by atoms with Gasteiger partial charge in [0.1, 0.15) is 5.82 Å². The molecule has 0 spiro atoms. The zero-order chi connectivity index (χ0) is 14.0. The molecule has 2 heterocycles. The van der Waals surface area contributed by atoms with Gasteiger partial charge in [-0.05, 0) is 25.9 Å². The SMILES string of the molecule is CN1CCC(CNC(=O)c2n[nH]c(C(C)(C)C)n2)C1. The summed E-state index contributed by atoms with van der Waals surface area (Å²) >= 11 is 0. The summed E-state index contributed by atoms with van der Waals surface area (Å²) in [5.74, 6) is 1.31. The maximum absolute atomic E-state index is 12.0. The zero-order valence-corrected chi connectivity index (χ0v) is 12.2. The normalized spacial score (nSPS) is 20.7. The highest BCUT2D eigenvalue weighted by molar-refractivity contribution is 5.90. The number of rotatable bonds is 3. The predicted molar refractivity (Wildman–Crippen MR) is 73.0 cm³/mol. The van der Waals surface area contributed by atoms with Crippen LogP contribution in [0.25, 0.3) is 0 Å².